The van der Waals surface area contributed by atoms with Gasteiger partial charge in [0.25, 0.3) is 0 Å². The zero-order valence-electron chi connectivity index (χ0n) is 7.70. The number of hydrogen-bond acceptors (Lipinski definition) is 5. The van der Waals surface area contributed by atoms with Crippen molar-refractivity contribution in [2.45, 2.75) is 43.9 Å². The number of carbonyl (C=O) groups is 1. The van der Waals surface area contributed by atoms with Crippen molar-refractivity contribution < 1.29 is 30.0 Å². The van der Waals surface area contributed by atoms with Crippen LogP contribution in [0.5, 0.6) is 0 Å². The standard InChI is InChI=1S/C8H14O6/c1-3-6(11)8(13)7(12)4(14-3)2-5(9)10/h3-4,6-8,11-13H,2H2,1H3,(H,9,10)/t3-,4?,6?,7+,8?/m0/s1. The van der Waals surface area contributed by atoms with E-state index in [9.17, 15) is 20.1 Å². The fraction of sp³-hybridized carbons (Fsp3) is 0.875. The van der Waals surface area contributed by atoms with Crippen LogP contribution in [-0.2, 0) is 9.53 Å². The van der Waals surface area contributed by atoms with Gasteiger partial charge in [0.05, 0.1) is 18.6 Å². The summed E-state index contributed by atoms with van der Waals surface area (Å²) in [6.45, 7) is 1.51. The second-order valence-corrected chi connectivity index (χ2v) is 3.45. The predicted molar refractivity (Wildman–Crippen MR) is 44.6 cm³/mol. The topological polar surface area (TPSA) is 107 Å². The van der Waals surface area contributed by atoms with Crippen molar-refractivity contribution in [1.82, 2.24) is 0 Å². The molecule has 0 aliphatic carbocycles. The quantitative estimate of drug-likeness (QED) is 0.430. The van der Waals surface area contributed by atoms with Crippen LogP contribution in [0.4, 0.5) is 0 Å². The summed E-state index contributed by atoms with van der Waals surface area (Å²) in [5, 5.41) is 36.5. The Balaban J connectivity index is 2.65. The molecule has 0 aromatic rings. The predicted octanol–water partition coefficient (Wildman–Crippen LogP) is -1.67. The fourth-order valence-electron chi connectivity index (χ4n) is 1.48. The number of carboxylic acids is 1. The first-order valence-corrected chi connectivity index (χ1v) is 4.35. The van der Waals surface area contributed by atoms with Gasteiger partial charge in [-0.15, -0.1) is 0 Å². The molecule has 4 N–H and O–H groups in total. The zero-order chi connectivity index (χ0) is 10.9. The monoisotopic (exact) mass is 206 g/mol. The minimum atomic E-state index is -1.36. The number of aliphatic carboxylic acids is 1. The second kappa shape index (κ2) is 4.22. The molecule has 14 heavy (non-hydrogen) atoms. The van der Waals surface area contributed by atoms with E-state index < -0.39 is 42.9 Å². The summed E-state index contributed by atoms with van der Waals surface area (Å²) in [7, 11) is 0. The molecule has 0 spiro atoms. The van der Waals surface area contributed by atoms with Crippen LogP contribution in [0, 0.1) is 0 Å². The van der Waals surface area contributed by atoms with Crippen molar-refractivity contribution in [1.29, 1.82) is 0 Å². The van der Waals surface area contributed by atoms with E-state index >= 15 is 0 Å². The molecule has 82 valence electrons. The molecule has 0 aromatic heterocycles. The molecule has 6 nitrogen and oxygen atoms in total. The Morgan fingerprint density at radius 1 is 1.21 bits per heavy atom. The molecule has 0 amide bonds. The summed E-state index contributed by atoms with van der Waals surface area (Å²) in [5.41, 5.74) is 0. The van der Waals surface area contributed by atoms with Crippen LogP contribution in [0.2, 0.25) is 0 Å². The van der Waals surface area contributed by atoms with E-state index in [1.165, 1.54) is 6.92 Å². The Labute approximate surface area is 80.7 Å². The van der Waals surface area contributed by atoms with E-state index in [2.05, 4.69) is 0 Å². The van der Waals surface area contributed by atoms with Crippen molar-refractivity contribution in [3.8, 4) is 0 Å². The lowest BCUT2D eigenvalue weighted by atomic mass is 9.94. The van der Waals surface area contributed by atoms with Crippen molar-refractivity contribution in [2.24, 2.45) is 0 Å². The minimum Gasteiger partial charge on any atom is -0.481 e. The summed E-state index contributed by atoms with van der Waals surface area (Å²) < 4.78 is 5.05. The van der Waals surface area contributed by atoms with Gasteiger partial charge >= 0.3 is 5.97 Å². The van der Waals surface area contributed by atoms with E-state index in [0.717, 1.165) is 0 Å². The van der Waals surface area contributed by atoms with Crippen LogP contribution >= 0.6 is 0 Å². The summed E-state index contributed by atoms with van der Waals surface area (Å²) in [5.74, 6) is -1.12. The van der Waals surface area contributed by atoms with Crippen LogP contribution in [0.25, 0.3) is 0 Å². The van der Waals surface area contributed by atoms with E-state index in [4.69, 9.17) is 9.84 Å². The number of aliphatic hydroxyl groups excluding tert-OH is 3. The van der Waals surface area contributed by atoms with Crippen LogP contribution in [0.15, 0.2) is 0 Å². The van der Waals surface area contributed by atoms with E-state index in [0.29, 0.717) is 0 Å². The summed E-state index contributed by atoms with van der Waals surface area (Å²) in [6.07, 6.45) is -5.95. The summed E-state index contributed by atoms with van der Waals surface area (Å²) in [6, 6.07) is 0. The third-order valence-corrected chi connectivity index (χ3v) is 2.33. The van der Waals surface area contributed by atoms with Crippen molar-refractivity contribution >= 4 is 5.97 Å². The summed E-state index contributed by atoms with van der Waals surface area (Å²) in [4.78, 5) is 10.4. The molecule has 1 aliphatic rings. The highest BCUT2D eigenvalue weighted by atomic mass is 16.5. The number of rotatable bonds is 2. The summed E-state index contributed by atoms with van der Waals surface area (Å²) >= 11 is 0. The van der Waals surface area contributed by atoms with Gasteiger partial charge in [-0.3, -0.25) is 4.79 Å². The van der Waals surface area contributed by atoms with Gasteiger partial charge in [-0.1, -0.05) is 0 Å². The SMILES string of the molecule is C[C@@H]1OC(CC(=O)O)[C@@H](O)C(O)C1O. The van der Waals surface area contributed by atoms with Gasteiger partial charge in [0, 0.05) is 0 Å². The number of aliphatic hydroxyl groups is 3. The third kappa shape index (κ3) is 2.21. The molecule has 1 heterocycles. The van der Waals surface area contributed by atoms with Crippen LogP contribution < -0.4 is 0 Å². The molecule has 0 radical (unpaired) electrons. The van der Waals surface area contributed by atoms with Crippen LogP contribution in [0.1, 0.15) is 13.3 Å². The maximum absolute atomic E-state index is 10.4. The normalized spacial score (nSPS) is 43.6. The molecular weight excluding hydrogens is 192 g/mol. The molecule has 0 aromatic carbocycles. The number of carboxylic acid groups (broad SMARTS) is 1. The first-order valence-electron chi connectivity index (χ1n) is 4.35. The van der Waals surface area contributed by atoms with Crippen LogP contribution in [-0.4, -0.2) is 56.9 Å². The van der Waals surface area contributed by atoms with Gasteiger partial charge in [0.2, 0.25) is 0 Å². The average molecular weight is 206 g/mol. The van der Waals surface area contributed by atoms with Gasteiger partial charge in [-0.05, 0) is 6.92 Å². The highest BCUT2D eigenvalue weighted by Gasteiger charge is 2.42. The van der Waals surface area contributed by atoms with Gasteiger partial charge < -0.3 is 25.2 Å². The number of ether oxygens (including phenoxy) is 1. The lowest BCUT2D eigenvalue weighted by Gasteiger charge is -2.38. The van der Waals surface area contributed by atoms with Gasteiger partial charge in [0.15, 0.2) is 0 Å². The fourth-order valence-corrected chi connectivity index (χ4v) is 1.48. The average Bonchev–Trinajstić information content (AvgIpc) is 2.10. The lowest BCUT2D eigenvalue weighted by Crippen LogP contribution is -2.56. The third-order valence-electron chi connectivity index (χ3n) is 2.33. The molecule has 1 aliphatic heterocycles. The first-order chi connectivity index (χ1) is 6.43. The Kier molecular flexibility index (Phi) is 3.43. The van der Waals surface area contributed by atoms with Crippen LogP contribution in [0.3, 0.4) is 0 Å². The lowest BCUT2D eigenvalue weighted by molar-refractivity contribution is -0.219. The zero-order valence-corrected chi connectivity index (χ0v) is 7.70. The van der Waals surface area contributed by atoms with Gasteiger partial charge in [-0.25, -0.2) is 0 Å². The van der Waals surface area contributed by atoms with Crippen molar-refractivity contribution in [3.05, 3.63) is 0 Å². The number of hydrogen-bond donors (Lipinski definition) is 4. The largest absolute Gasteiger partial charge is 0.481 e. The molecular formula is C8H14O6. The van der Waals surface area contributed by atoms with Crippen molar-refractivity contribution in [3.63, 3.8) is 0 Å². The van der Waals surface area contributed by atoms with E-state index in [-0.39, 0.29) is 0 Å². The molecule has 1 fully saturated rings. The molecule has 1 saturated heterocycles. The van der Waals surface area contributed by atoms with Crippen molar-refractivity contribution in [2.75, 3.05) is 0 Å². The Bertz CT molecular complexity index is 218. The highest BCUT2D eigenvalue weighted by Crippen LogP contribution is 2.22. The van der Waals surface area contributed by atoms with E-state index in [1.807, 2.05) is 0 Å². The minimum absolute atomic E-state index is 0.394. The molecule has 0 bridgehead atoms. The second-order valence-electron chi connectivity index (χ2n) is 3.45. The maximum atomic E-state index is 10.4. The smallest absolute Gasteiger partial charge is 0.306 e. The molecule has 6 heteroatoms. The Morgan fingerprint density at radius 2 is 1.79 bits per heavy atom. The van der Waals surface area contributed by atoms with Gasteiger partial charge in [0.1, 0.15) is 18.3 Å². The molecule has 0 saturated carbocycles. The highest BCUT2D eigenvalue weighted by molar-refractivity contribution is 5.67. The molecule has 5 atom stereocenters. The van der Waals surface area contributed by atoms with Gasteiger partial charge in [-0.2, -0.15) is 0 Å². The molecule has 3 unspecified atom stereocenters. The Morgan fingerprint density at radius 3 is 2.29 bits per heavy atom. The molecule has 1 rings (SSSR count). The Hall–Kier alpha value is -0.690. The van der Waals surface area contributed by atoms with E-state index in [1.54, 1.807) is 0 Å². The maximum Gasteiger partial charge on any atom is 0.306 e. The first kappa shape index (κ1) is 11.4.